The molecule has 0 unspecified atom stereocenters. The lowest BCUT2D eigenvalue weighted by Gasteiger charge is -2.24. The van der Waals surface area contributed by atoms with Gasteiger partial charge >= 0.3 is 17.0 Å². The summed E-state index contributed by atoms with van der Waals surface area (Å²) in [6.45, 7) is -0.431. The molecule has 2 aliphatic rings. The topological polar surface area (TPSA) is 137 Å². The summed E-state index contributed by atoms with van der Waals surface area (Å²) < 4.78 is 84.7. The summed E-state index contributed by atoms with van der Waals surface area (Å²) in [4.78, 5) is 27.6. The summed E-state index contributed by atoms with van der Waals surface area (Å²) in [5.41, 5.74) is 0.0548. The summed E-state index contributed by atoms with van der Waals surface area (Å²) >= 11 is 0. The molecule has 0 saturated carbocycles. The average molecular weight is 590 g/mol. The molecule has 2 bridgehead atoms. The van der Waals surface area contributed by atoms with E-state index in [4.69, 9.17) is 9.29 Å². The van der Waals surface area contributed by atoms with Gasteiger partial charge in [0.15, 0.2) is 5.82 Å². The molecule has 0 aliphatic carbocycles. The van der Waals surface area contributed by atoms with Gasteiger partial charge in [-0.1, -0.05) is 6.07 Å². The highest BCUT2D eigenvalue weighted by molar-refractivity contribution is 7.80. The largest absolute Gasteiger partial charge is 0.434 e. The Labute approximate surface area is 231 Å². The number of alkyl halides is 2. The van der Waals surface area contributed by atoms with Crippen molar-refractivity contribution in [3.05, 3.63) is 71.3 Å². The monoisotopic (exact) mass is 589 g/mol. The van der Waals surface area contributed by atoms with Gasteiger partial charge in [0.25, 0.3) is 5.91 Å². The van der Waals surface area contributed by atoms with Crippen LogP contribution in [0.15, 0.2) is 42.7 Å². The van der Waals surface area contributed by atoms with Crippen LogP contribution in [0, 0.1) is 5.82 Å². The van der Waals surface area contributed by atoms with E-state index in [0.29, 0.717) is 28.8 Å². The van der Waals surface area contributed by atoms with Gasteiger partial charge in [-0.25, -0.2) is 23.5 Å². The van der Waals surface area contributed by atoms with Crippen LogP contribution < -0.4 is 4.74 Å². The van der Waals surface area contributed by atoms with E-state index in [9.17, 15) is 22.0 Å². The highest BCUT2D eigenvalue weighted by Gasteiger charge is 2.45. The van der Waals surface area contributed by atoms with Gasteiger partial charge in [-0.3, -0.25) is 9.35 Å². The quantitative estimate of drug-likeness (QED) is 0.324. The molecule has 2 aliphatic heterocycles. The molecule has 6 rings (SSSR count). The number of benzene rings is 2. The molecule has 1 amide bonds. The second kappa shape index (κ2) is 9.22. The van der Waals surface area contributed by atoms with Gasteiger partial charge in [0.1, 0.15) is 23.0 Å². The molecule has 2 aromatic heterocycles. The minimum Gasteiger partial charge on any atom is -0.434 e. The fraction of sp³-hybridized carbons (Fsp3) is 0.308. The molecular formula is C26H22F3N5O6S. The molecule has 0 saturated heterocycles. The molecule has 214 valence electrons. The van der Waals surface area contributed by atoms with Crippen LogP contribution in [0.3, 0.4) is 0 Å². The molecule has 41 heavy (non-hydrogen) atoms. The van der Waals surface area contributed by atoms with E-state index in [-0.39, 0.29) is 34.2 Å². The summed E-state index contributed by atoms with van der Waals surface area (Å²) in [6.07, 6.45) is 2.91. The van der Waals surface area contributed by atoms with Crippen molar-refractivity contribution in [3.8, 4) is 16.9 Å². The van der Waals surface area contributed by atoms with Crippen molar-refractivity contribution in [2.45, 2.75) is 44.6 Å². The van der Waals surface area contributed by atoms with Gasteiger partial charge in [0.05, 0.1) is 23.1 Å². The summed E-state index contributed by atoms with van der Waals surface area (Å²) in [5.74, 6) is -0.734. The maximum Gasteiger partial charge on any atom is 0.398 e. The number of hydrogen-bond acceptors (Lipinski definition) is 8. The third-order valence-electron chi connectivity index (χ3n) is 7.31. The van der Waals surface area contributed by atoms with E-state index in [2.05, 4.69) is 19.1 Å². The first kappa shape index (κ1) is 27.1. The molecule has 11 nitrogen and oxygen atoms in total. The Kier molecular flexibility index (Phi) is 6.10. The molecule has 0 radical (unpaired) electrons. The number of ether oxygens (including phenoxy) is 1. The first-order valence-corrected chi connectivity index (χ1v) is 13.7. The highest BCUT2D eigenvalue weighted by atomic mass is 32.3. The fourth-order valence-electron chi connectivity index (χ4n) is 5.60. The number of rotatable bonds is 6. The van der Waals surface area contributed by atoms with E-state index in [1.165, 1.54) is 55.4 Å². The molecule has 4 heterocycles. The Morgan fingerprint density at radius 1 is 1.12 bits per heavy atom. The zero-order valence-electron chi connectivity index (χ0n) is 21.7. The maximum atomic E-state index is 15.4. The van der Waals surface area contributed by atoms with Crippen LogP contribution in [0.2, 0.25) is 0 Å². The van der Waals surface area contributed by atoms with Crippen LogP contribution in [-0.4, -0.2) is 57.0 Å². The number of aromatic nitrogens is 4. The van der Waals surface area contributed by atoms with E-state index in [1.807, 2.05) is 0 Å². The molecular weight excluding hydrogens is 567 g/mol. The first-order chi connectivity index (χ1) is 19.2. The Morgan fingerprint density at radius 3 is 2.49 bits per heavy atom. The first-order valence-electron chi connectivity index (χ1n) is 12.3. The Hall–Kier alpha value is -4.08. The predicted molar refractivity (Wildman–Crippen MR) is 137 cm³/mol. The fourth-order valence-corrected chi connectivity index (χ4v) is 6.20. The van der Waals surface area contributed by atoms with Crippen molar-refractivity contribution in [1.82, 2.24) is 24.4 Å². The van der Waals surface area contributed by atoms with Gasteiger partial charge in [0.2, 0.25) is 0 Å². The van der Waals surface area contributed by atoms with Gasteiger partial charge < -0.3 is 14.2 Å². The lowest BCUT2D eigenvalue weighted by atomic mass is 9.97. The van der Waals surface area contributed by atoms with Crippen molar-refractivity contribution < 1.29 is 39.9 Å². The third-order valence-corrected chi connectivity index (χ3v) is 7.94. The van der Waals surface area contributed by atoms with Gasteiger partial charge in [-0.05, 0) is 32.0 Å². The molecule has 1 N–H and O–H groups in total. The highest BCUT2D eigenvalue weighted by Crippen LogP contribution is 2.50. The van der Waals surface area contributed by atoms with Crippen LogP contribution in [0.5, 0.6) is 5.75 Å². The second-order valence-corrected chi connectivity index (χ2v) is 11.3. The van der Waals surface area contributed by atoms with Crippen molar-refractivity contribution >= 4 is 27.3 Å². The standard InChI is InChI=1S/C26H22F3N5O6S/c1-26(2,40-41(36,37)38)24-30-10-12(11-31-24)14-7-17-16(8-15(14)27)32-22-19-9-18(34(17)22)21-13(23(35)33(19)3)5-4-6-20(21)39-25(28)29/h4-8,10-11,18-19,25H,9H2,1-3H3,(H,36,37,38)/t18-,19+/m0/s1. The number of carbonyl (C=O) groups excluding carboxylic acids is 1. The lowest BCUT2D eigenvalue weighted by molar-refractivity contribution is -0.0507. The molecule has 0 fully saturated rings. The van der Waals surface area contributed by atoms with Crippen LogP contribution in [0.1, 0.15) is 59.9 Å². The van der Waals surface area contributed by atoms with Crippen molar-refractivity contribution in [1.29, 1.82) is 0 Å². The van der Waals surface area contributed by atoms with Crippen molar-refractivity contribution in [2.24, 2.45) is 0 Å². The number of nitrogens with zero attached hydrogens (tertiary/aromatic N) is 5. The van der Waals surface area contributed by atoms with E-state index >= 15 is 4.39 Å². The lowest BCUT2D eigenvalue weighted by Crippen LogP contribution is -2.30. The summed E-state index contributed by atoms with van der Waals surface area (Å²) in [5, 5.41) is 0. The predicted octanol–water partition coefficient (Wildman–Crippen LogP) is 4.41. The minimum absolute atomic E-state index is 0.0773. The van der Waals surface area contributed by atoms with E-state index in [1.54, 1.807) is 17.7 Å². The van der Waals surface area contributed by atoms with Gasteiger partial charge in [-0.2, -0.15) is 17.2 Å². The van der Waals surface area contributed by atoms with Crippen LogP contribution >= 0.6 is 0 Å². The smallest absolute Gasteiger partial charge is 0.398 e. The normalized spacial score (nSPS) is 18.5. The molecule has 4 aromatic rings. The Morgan fingerprint density at radius 2 is 1.83 bits per heavy atom. The maximum absolute atomic E-state index is 15.4. The van der Waals surface area contributed by atoms with Gasteiger partial charge in [-0.15, -0.1) is 0 Å². The Balaban J connectivity index is 1.48. The van der Waals surface area contributed by atoms with Gasteiger partial charge in [0, 0.05) is 54.2 Å². The summed E-state index contributed by atoms with van der Waals surface area (Å²) in [7, 11) is -3.19. The average Bonchev–Trinajstić information content (AvgIpc) is 3.39. The minimum atomic E-state index is -4.80. The van der Waals surface area contributed by atoms with Crippen molar-refractivity contribution in [3.63, 3.8) is 0 Å². The second-order valence-electron chi connectivity index (χ2n) is 10.3. The zero-order chi connectivity index (χ0) is 29.4. The third kappa shape index (κ3) is 4.49. The van der Waals surface area contributed by atoms with Crippen LogP contribution in [-0.2, 0) is 20.2 Å². The van der Waals surface area contributed by atoms with Crippen LogP contribution in [0.4, 0.5) is 13.2 Å². The summed E-state index contributed by atoms with van der Waals surface area (Å²) in [6, 6.07) is 6.09. The molecule has 2 atom stereocenters. The number of hydrogen-bond donors (Lipinski definition) is 1. The molecule has 2 aromatic carbocycles. The van der Waals surface area contributed by atoms with E-state index in [0.717, 1.165) is 0 Å². The number of imidazole rings is 1. The van der Waals surface area contributed by atoms with Crippen molar-refractivity contribution in [2.75, 3.05) is 7.05 Å². The Bertz CT molecular complexity index is 1830. The SMILES string of the molecule is CN1C(=O)c2cccc(OC(F)F)c2[C@@H]2C[C@@H]1c1nc3cc(F)c(-c4cnc(C(C)(C)OS(=O)(=O)O)nc4)cc3n12. The zero-order valence-corrected chi connectivity index (χ0v) is 22.6. The molecule has 15 heteroatoms. The number of carbonyl (C=O) groups is 1. The van der Waals surface area contributed by atoms with Crippen LogP contribution in [0.25, 0.3) is 22.2 Å². The number of amides is 1. The molecule has 0 spiro atoms. The number of halogens is 3. The number of fused-ring (bicyclic) bond motifs is 9. The van der Waals surface area contributed by atoms with E-state index < -0.39 is 40.5 Å².